The molecule has 0 saturated carbocycles. The lowest BCUT2D eigenvalue weighted by Gasteiger charge is -2.28. The van der Waals surface area contributed by atoms with Gasteiger partial charge in [-0.2, -0.15) is 9.46 Å². The van der Waals surface area contributed by atoms with Crippen molar-refractivity contribution >= 4 is 22.1 Å². The Bertz CT molecular complexity index is 1070. The fourth-order valence-electron chi connectivity index (χ4n) is 4.23. The number of fused-ring (bicyclic) bond motifs is 3. The van der Waals surface area contributed by atoms with Crippen LogP contribution in [0.2, 0.25) is 0 Å². The van der Waals surface area contributed by atoms with Gasteiger partial charge >= 0.3 is 5.52 Å². The zero-order valence-corrected chi connectivity index (χ0v) is 15.5. The van der Waals surface area contributed by atoms with E-state index < -0.39 is 0 Å². The van der Waals surface area contributed by atoms with E-state index in [4.69, 9.17) is 4.74 Å². The molecular weight excluding hydrogens is 360 g/mol. The number of para-hydroxylation sites is 1. The van der Waals surface area contributed by atoms with E-state index in [9.17, 15) is 15.5 Å². The molecule has 3 heterocycles. The molecule has 3 aromatic rings. The summed E-state index contributed by atoms with van der Waals surface area (Å²) in [4.78, 5) is 4.73. The maximum atomic E-state index is 12.8. The Morgan fingerprint density at radius 3 is 2.25 bits per heavy atom. The second kappa shape index (κ2) is 6.73. The number of rotatable bonds is 3. The van der Waals surface area contributed by atoms with Crippen molar-refractivity contribution in [1.29, 1.82) is 0 Å². The van der Waals surface area contributed by atoms with Gasteiger partial charge in [0.2, 0.25) is 0 Å². The molecule has 8 heteroatoms. The average Bonchev–Trinajstić information content (AvgIpc) is 3.12. The van der Waals surface area contributed by atoms with Gasteiger partial charge in [0.1, 0.15) is 0 Å². The van der Waals surface area contributed by atoms with Crippen molar-refractivity contribution in [2.75, 3.05) is 39.4 Å². The van der Waals surface area contributed by atoms with Crippen molar-refractivity contribution in [1.82, 2.24) is 9.80 Å². The minimum atomic E-state index is -0.188. The van der Waals surface area contributed by atoms with Crippen molar-refractivity contribution in [3.8, 4) is 5.75 Å². The van der Waals surface area contributed by atoms with Gasteiger partial charge in [-0.25, -0.2) is 0 Å². The van der Waals surface area contributed by atoms with Crippen molar-refractivity contribution in [2.24, 2.45) is 0 Å². The van der Waals surface area contributed by atoms with Gasteiger partial charge in [-0.05, 0) is 17.2 Å². The van der Waals surface area contributed by atoms with Crippen LogP contribution >= 0.6 is 0 Å². The Morgan fingerprint density at radius 1 is 0.893 bits per heavy atom. The summed E-state index contributed by atoms with van der Waals surface area (Å²) in [5.41, 5.74) is 2.95. The lowest BCUT2D eigenvalue weighted by Crippen LogP contribution is -2.40. The molecule has 0 unspecified atom stereocenters. The fraction of sp³-hybridized carbons (Fsp3) is 0.400. The quantitative estimate of drug-likeness (QED) is 0.406. The molecule has 1 aromatic heterocycles. The zero-order valence-electron chi connectivity index (χ0n) is 15.5. The number of phenols is 1. The first-order valence-corrected chi connectivity index (χ1v) is 9.56. The van der Waals surface area contributed by atoms with Crippen molar-refractivity contribution in [3.63, 3.8) is 0 Å². The summed E-state index contributed by atoms with van der Waals surface area (Å²) in [6.45, 7) is 6.96. The van der Waals surface area contributed by atoms with E-state index in [1.54, 1.807) is 18.2 Å². The maximum Gasteiger partial charge on any atom is 0.332 e. The number of ether oxygens (including phenoxy) is 1. The molecule has 0 amide bonds. The standard InChI is InChI=1S/C20H22N4O4/c25-19-3-1-2-16-20(19)24(27)18-11-15-13-22(5-4-21-6-8-28-9-7-21)12-14(15)10-17(18)23(16)26/h1-3,10-11,25H,4-9,12-13H2. The summed E-state index contributed by atoms with van der Waals surface area (Å²) in [5, 5.41) is 35.7. The second-order valence-corrected chi connectivity index (χ2v) is 7.51. The van der Waals surface area contributed by atoms with Crippen molar-refractivity contribution in [3.05, 3.63) is 51.9 Å². The van der Waals surface area contributed by atoms with E-state index in [0.29, 0.717) is 10.2 Å². The number of hydrogen-bond donors (Lipinski definition) is 1. The number of nitrogens with zero attached hydrogens (tertiary/aromatic N) is 4. The third kappa shape index (κ3) is 2.81. The molecule has 0 spiro atoms. The molecule has 0 bridgehead atoms. The molecule has 1 N–H and O–H groups in total. The molecule has 2 aliphatic rings. The largest absolute Gasteiger partial charge is 0.617 e. The number of aromatic hydroxyl groups is 1. The minimum Gasteiger partial charge on any atom is -0.617 e. The van der Waals surface area contributed by atoms with Crippen LogP contribution in [0.15, 0.2) is 30.3 Å². The molecule has 2 aromatic carbocycles. The molecule has 8 nitrogen and oxygen atoms in total. The molecule has 146 valence electrons. The maximum absolute atomic E-state index is 12.8. The van der Waals surface area contributed by atoms with E-state index >= 15 is 0 Å². The van der Waals surface area contributed by atoms with E-state index in [2.05, 4.69) is 9.80 Å². The molecular formula is C20H22N4O4. The van der Waals surface area contributed by atoms with Crippen LogP contribution < -0.4 is 9.46 Å². The van der Waals surface area contributed by atoms with Crippen LogP contribution in [0, 0.1) is 10.4 Å². The highest BCUT2D eigenvalue weighted by Crippen LogP contribution is 2.27. The highest BCUT2D eigenvalue weighted by molar-refractivity contribution is 5.81. The first kappa shape index (κ1) is 17.4. The van der Waals surface area contributed by atoms with Gasteiger partial charge in [0.15, 0.2) is 5.75 Å². The number of hydrogen-bond acceptors (Lipinski definition) is 6. The summed E-state index contributed by atoms with van der Waals surface area (Å²) in [6.07, 6.45) is 0. The number of benzene rings is 2. The molecule has 0 aliphatic carbocycles. The fourth-order valence-corrected chi connectivity index (χ4v) is 4.23. The lowest BCUT2D eigenvalue weighted by atomic mass is 10.1. The van der Waals surface area contributed by atoms with E-state index in [1.807, 2.05) is 6.07 Å². The van der Waals surface area contributed by atoms with Crippen LogP contribution in [0.3, 0.4) is 0 Å². The molecule has 1 saturated heterocycles. The van der Waals surface area contributed by atoms with Gasteiger partial charge in [0.25, 0.3) is 16.6 Å². The van der Waals surface area contributed by atoms with Crippen LogP contribution in [0.5, 0.6) is 5.75 Å². The second-order valence-electron chi connectivity index (χ2n) is 7.51. The van der Waals surface area contributed by atoms with Crippen LogP contribution in [0.1, 0.15) is 11.1 Å². The van der Waals surface area contributed by atoms with Gasteiger partial charge in [-0.1, -0.05) is 6.07 Å². The first-order valence-electron chi connectivity index (χ1n) is 9.56. The SMILES string of the molecule is [O-][n+]1c2cc3c(cc2[n+]([O-])c2c(O)cccc21)CN(CCN1CCOCC1)C3. The Labute approximate surface area is 161 Å². The normalized spacial score (nSPS) is 18.1. The summed E-state index contributed by atoms with van der Waals surface area (Å²) < 4.78 is 6.81. The summed E-state index contributed by atoms with van der Waals surface area (Å²) in [5.74, 6) is -0.188. The minimum absolute atomic E-state index is 0.00659. The average molecular weight is 382 g/mol. The summed E-state index contributed by atoms with van der Waals surface area (Å²) in [7, 11) is 0. The van der Waals surface area contributed by atoms with E-state index in [1.165, 1.54) is 6.07 Å². The highest BCUT2D eigenvalue weighted by Gasteiger charge is 2.28. The number of morpholine rings is 1. The monoisotopic (exact) mass is 382 g/mol. The Balaban J connectivity index is 1.47. The summed E-state index contributed by atoms with van der Waals surface area (Å²) in [6, 6.07) is 8.16. The first-order chi connectivity index (χ1) is 13.6. The zero-order chi connectivity index (χ0) is 19.3. The Morgan fingerprint density at radius 2 is 1.54 bits per heavy atom. The third-order valence-corrected chi connectivity index (χ3v) is 5.77. The van der Waals surface area contributed by atoms with Gasteiger partial charge in [-0.3, -0.25) is 9.80 Å². The predicted octanol–water partition coefficient (Wildman–Crippen LogP) is 0.613. The molecule has 28 heavy (non-hydrogen) atoms. The van der Waals surface area contributed by atoms with Crippen LogP contribution in [0.4, 0.5) is 0 Å². The van der Waals surface area contributed by atoms with Crippen molar-refractivity contribution in [2.45, 2.75) is 13.1 Å². The smallest absolute Gasteiger partial charge is 0.332 e. The van der Waals surface area contributed by atoms with E-state index in [0.717, 1.165) is 68.3 Å². The van der Waals surface area contributed by atoms with Gasteiger partial charge in [-0.15, -0.1) is 0 Å². The Kier molecular flexibility index (Phi) is 4.19. The molecule has 2 aliphatic heterocycles. The predicted molar refractivity (Wildman–Crippen MR) is 102 cm³/mol. The lowest BCUT2D eigenvalue weighted by molar-refractivity contribution is -0.591. The van der Waals surface area contributed by atoms with Gasteiger partial charge < -0.3 is 20.3 Å². The summed E-state index contributed by atoms with van der Waals surface area (Å²) >= 11 is 0. The molecule has 5 rings (SSSR count). The molecule has 0 atom stereocenters. The number of aromatic nitrogens is 2. The van der Waals surface area contributed by atoms with Crippen molar-refractivity contribution < 1.29 is 19.3 Å². The molecule has 1 fully saturated rings. The van der Waals surface area contributed by atoms with Gasteiger partial charge in [0, 0.05) is 57.5 Å². The van der Waals surface area contributed by atoms with E-state index in [-0.39, 0.29) is 22.3 Å². The number of phenolic OH excluding ortho intramolecular Hbond substituents is 1. The highest BCUT2D eigenvalue weighted by atomic mass is 16.5. The van der Waals surface area contributed by atoms with Crippen LogP contribution in [0.25, 0.3) is 22.1 Å². The van der Waals surface area contributed by atoms with Crippen LogP contribution in [-0.4, -0.2) is 54.3 Å². The van der Waals surface area contributed by atoms with Crippen LogP contribution in [-0.2, 0) is 17.8 Å². The topological polar surface area (TPSA) is 89.8 Å². The third-order valence-electron chi connectivity index (χ3n) is 5.77. The molecule has 0 radical (unpaired) electrons. The van der Waals surface area contributed by atoms with Gasteiger partial charge in [0.05, 0.1) is 13.2 Å². The Hall–Kier alpha value is -2.68.